The SMILES string of the molecule is C#CCN(CC)C(=O)c1cc(Br)ccc1Br. The zero-order chi connectivity index (χ0) is 12.1. The monoisotopic (exact) mass is 343 g/mol. The van der Waals surface area contributed by atoms with Crippen LogP contribution in [0.15, 0.2) is 27.1 Å². The summed E-state index contributed by atoms with van der Waals surface area (Å²) in [4.78, 5) is 13.7. The van der Waals surface area contributed by atoms with Crippen LogP contribution in [0.3, 0.4) is 0 Å². The quantitative estimate of drug-likeness (QED) is 0.770. The maximum absolute atomic E-state index is 12.1. The van der Waals surface area contributed by atoms with Gasteiger partial charge in [0.1, 0.15) is 0 Å². The van der Waals surface area contributed by atoms with Crippen molar-refractivity contribution >= 4 is 37.8 Å². The maximum atomic E-state index is 12.1. The molecule has 0 aliphatic carbocycles. The van der Waals surface area contributed by atoms with Crippen LogP contribution in [0.25, 0.3) is 0 Å². The lowest BCUT2D eigenvalue weighted by Gasteiger charge is -2.18. The Morgan fingerprint density at radius 2 is 2.19 bits per heavy atom. The van der Waals surface area contributed by atoms with Crippen LogP contribution in [0, 0.1) is 12.3 Å². The highest BCUT2D eigenvalue weighted by molar-refractivity contribution is 9.11. The molecule has 0 fully saturated rings. The summed E-state index contributed by atoms with van der Waals surface area (Å²) in [7, 11) is 0. The maximum Gasteiger partial charge on any atom is 0.255 e. The summed E-state index contributed by atoms with van der Waals surface area (Å²) in [6.45, 7) is 2.83. The average molecular weight is 345 g/mol. The molecule has 0 N–H and O–H groups in total. The molecule has 0 aliphatic rings. The van der Waals surface area contributed by atoms with Gasteiger partial charge in [-0.15, -0.1) is 6.42 Å². The fourth-order valence-corrected chi connectivity index (χ4v) is 2.05. The zero-order valence-corrected chi connectivity index (χ0v) is 12.0. The molecule has 0 saturated carbocycles. The van der Waals surface area contributed by atoms with Gasteiger partial charge in [-0.1, -0.05) is 21.9 Å². The molecule has 0 atom stereocenters. The highest BCUT2D eigenvalue weighted by atomic mass is 79.9. The predicted molar refractivity (Wildman–Crippen MR) is 72.3 cm³/mol. The highest BCUT2D eigenvalue weighted by Gasteiger charge is 2.16. The lowest BCUT2D eigenvalue weighted by atomic mass is 10.2. The molecule has 1 aromatic rings. The molecule has 4 heteroatoms. The topological polar surface area (TPSA) is 20.3 Å². The van der Waals surface area contributed by atoms with Crippen molar-refractivity contribution in [1.29, 1.82) is 0 Å². The minimum atomic E-state index is -0.0615. The summed E-state index contributed by atoms with van der Waals surface area (Å²) in [5.41, 5.74) is 0.617. The molecule has 1 amide bonds. The number of carbonyl (C=O) groups is 1. The third kappa shape index (κ3) is 3.10. The highest BCUT2D eigenvalue weighted by Crippen LogP contribution is 2.22. The Labute approximate surface area is 112 Å². The van der Waals surface area contributed by atoms with Crippen molar-refractivity contribution in [3.05, 3.63) is 32.7 Å². The first kappa shape index (κ1) is 13.3. The molecule has 2 nitrogen and oxygen atoms in total. The van der Waals surface area contributed by atoms with Crippen LogP contribution in [0.4, 0.5) is 0 Å². The van der Waals surface area contributed by atoms with Gasteiger partial charge in [0.2, 0.25) is 0 Å². The zero-order valence-electron chi connectivity index (χ0n) is 8.84. The Balaban J connectivity index is 3.03. The van der Waals surface area contributed by atoms with Crippen molar-refractivity contribution in [2.75, 3.05) is 13.1 Å². The molecule has 0 spiro atoms. The van der Waals surface area contributed by atoms with Gasteiger partial charge >= 0.3 is 0 Å². The third-order valence-corrected chi connectivity index (χ3v) is 3.29. The van der Waals surface area contributed by atoms with Gasteiger partial charge in [-0.3, -0.25) is 4.79 Å². The van der Waals surface area contributed by atoms with Gasteiger partial charge < -0.3 is 4.90 Å². The normalized spacial score (nSPS) is 9.62. The first-order valence-electron chi connectivity index (χ1n) is 4.78. The fourth-order valence-electron chi connectivity index (χ4n) is 1.27. The van der Waals surface area contributed by atoms with E-state index in [9.17, 15) is 4.79 Å². The van der Waals surface area contributed by atoms with E-state index in [0.29, 0.717) is 18.7 Å². The van der Waals surface area contributed by atoms with Crippen LogP contribution in [-0.4, -0.2) is 23.9 Å². The number of amides is 1. The number of terminal acetylenes is 1. The number of benzene rings is 1. The van der Waals surface area contributed by atoms with E-state index in [4.69, 9.17) is 6.42 Å². The van der Waals surface area contributed by atoms with E-state index in [0.717, 1.165) is 8.95 Å². The van der Waals surface area contributed by atoms with Gasteiger partial charge in [-0.25, -0.2) is 0 Å². The molecule has 0 aliphatic heterocycles. The van der Waals surface area contributed by atoms with Crippen molar-refractivity contribution in [2.24, 2.45) is 0 Å². The Bertz CT molecular complexity index is 437. The Morgan fingerprint density at radius 1 is 1.50 bits per heavy atom. The Hall–Kier alpha value is -0.790. The molecule has 0 heterocycles. The summed E-state index contributed by atoms with van der Waals surface area (Å²) >= 11 is 6.70. The van der Waals surface area contributed by atoms with Crippen LogP contribution in [-0.2, 0) is 0 Å². The summed E-state index contributed by atoms with van der Waals surface area (Å²) in [5.74, 6) is 2.42. The Kier molecular flexibility index (Phi) is 5.04. The second-order valence-corrected chi connectivity index (χ2v) is 4.92. The molecule has 1 rings (SSSR count). The lowest BCUT2D eigenvalue weighted by Crippen LogP contribution is -2.31. The van der Waals surface area contributed by atoms with Crippen molar-refractivity contribution in [1.82, 2.24) is 4.90 Å². The van der Waals surface area contributed by atoms with Crippen LogP contribution in [0.2, 0.25) is 0 Å². The average Bonchev–Trinajstić information content (AvgIpc) is 2.28. The molecule has 0 saturated heterocycles. The number of hydrogen-bond donors (Lipinski definition) is 0. The van der Waals surface area contributed by atoms with Crippen LogP contribution >= 0.6 is 31.9 Å². The van der Waals surface area contributed by atoms with Crippen molar-refractivity contribution in [3.63, 3.8) is 0 Å². The summed E-state index contributed by atoms with van der Waals surface area (Å²) < 4.78 is 1.65. The molecular weight excluding hydrogens is 334 g/mol. The van der Waals surface area contributed by atoms with E-state index >= 15 is 0 Å². The van der Waals surface area contributed by atoms with Crippen LogP contribution in [0.5, 0.6) is 0 Å². The van der Waals surface area contributed by atoms with Gasteiger partial charge in [0.05, 0.1) is 12.1 Å². The first-order chi connectivity index (χ1) is 7.60. The van der Waals surface area contributed by atoms with Crippen molar-refractivity contribution < 1.29 is 4.79 Å². The molecule has 16 heavy (non-hydrogen) atoms. The van der Waals surface area contributed by atoms with Gasteiger partial charge in [0, 0.05) is 15.5 Å². The second kappa shape index (κ2) is 6.07. The fraction of sp³-hybridized carbons (Fsp3) is 0.250. The van der Waals surface area contributed by atoms with E-state index in [2.05, 4.69) is 37.8 Å². The molecule has 84 valence electrons. The molecule has 1 aromatic carbocycles. The molecule has 0 unspecified atom stereocenters. The number of carbonyl (C=O) groups excluding carboxylic acids is 1. The van der Waals surface area contributed by atoms with Gasteiger partial charge in [-0.05, 0) is 41.1 Å². The van der Waals surface area contributed by atoms with Gasteiger partial charge in [0.25, 0.3) is 5.91 Å². The lowest BCUT2D eigenvalue weighted by molar-refractivity contribution is 0.0784. The second-order valence-electron chi connectivity index (χ2n) is 3.15. The van der Waals surface area contributed by atoms with E-state index in [1.807, 2.05) is 19.1 Å². The van der Waals surface area contributed by atoms with Gasteiger partial charge in [-0.2, -0.15) is 0 Å². The number of rotatable bonds is 3. The predicted octanol–water partition coefficient (Wildman–Crippen LogP) is 3.31. The van der Waals surface area contributed by atoms with E-state index in [-0.39, 0.29) is 5.91 Å². The largest absolute Gasteiger partial charge is 0.328 e. The van der Waals surface area contributed by atoms with E-state index in [1.165, 1.54) is 0 Å². The first-order valence-corrected chi connectivity index (χ1v) is 6.36. The minimum absolute atomic E-state index is 0.0615. The van der Waals surface area contributed by atoms with E-state index < -0.39 is 0 Å². The Morgan fingerprint density at radius 3 is 2.75 bits per heavy atom. The van der Waals surface area contributed by atoms with E-state index in [1.54, 1.807) is 11.0 Å². The van der Waals surface area contributed by atoms with Crippen LogP contribution in [0.1, 0.15) is 17.3 Å². The summed E-state index contributed by atoms with van der Waals surface area (Å²) in [6.07, 6.45) is 5.22. The number of hydrogen-bond acceptors (Lipinski definition) is 1. The van der Waals surface area contributed by atoms with Crippen molar-refractivity contribution in [3.8, 4) is 12.3 Å². The smallest absolute Gasteiger partial charge is 0.255 e. The van der Waals surface area contributed by atoms with Crippen molar-refractivity contribution in [2.45, 2.75) is 6.92 Å². The molecule has 0 aromatic heterocycles. The summed E-state index contributed by atoms with van der Waals surface area (Å²) in [6, 6.07) is 5.49. The molecule has 0 radical (unpaired) electrons. The summed E-state index contributed by atoms with van der Waals surface area (Å²) in [5, 5.41) is 0. The molecular formula is C12H11Br2NO. The minimum Gasteiger partial charge on any atom is -0.328 e. The standard InChI is InChI=1S/C12H11Br2NO/c1-3-7-15(4-2)12(16)10-8-9(13)5-6-11(10)14/h1,5-6,8H,4,7H2,2H3. The number of halogens is 2. The number of nitrogens with zero attached hydrogens (tertiary/aromatic N) is 1. The molecule has 0 bridgehead atoms. The third-order valence-electron chi connectivity index (χ3n) is 2.11. The van der Waals surface area contributed by atoms with Gasteiger partial charge in [0.15, 0.2) is 0 Å². The van der Waals surface area contributed by atoms with Crippen LogP contribution < -0.4 is 0 Å².